The molecule has 0 aliphatic carbocycles. The lowest BCUT2D eigenvalue weighted by Gasteiger charge is -2.18. The molecule has 58 heavy (non-hydrogen) atoms. The molecule has 6 nitrogen and oxygen atoms in total. The zero-order chi connectivity index (χ0) is 39.3. The van der Waals surface area contributed by atoms with Crippen LogP contribution in [0.25, 0.3) is 93.2 Å². The van der Waals surface area contributed by atoms with E-state index in [0.717, 1.165) is 88.4 Å². The predicted octanol–water partition coefficient (Wildman–Crippen LogP) is 13.0. The Morgan fingerprint density at radius 2 is 0.862 bits per heavy atom. The van der Waals surface area contributed by atoms with Gasteiger partial charge in [0.05, 0.1) is 63.3 Å². The van der Waals surface area contributed by atoms with Crippen molar-refractivity contribution in [1.82, 2.24) is 9.13 Å². The predicted molar refractivity (Wildman–Crippen MR) is 232 cm³/mol. The summed E-state index contributed by atoms with van der Waals surface area (Å²) in [6.07, 6.45) is 0. The maximum absolute atomic E-state index is 11.3. The highest BCUT2D eigenvalue weighted by Crippen LogP contribution is 2.42. The summed E-state index contributed by atoms with van der Waals surface area (Å²) in [5.41, 5.74) is 13.3. The Labute approximate surface area is 334 Å². The van der Waals surface area contributed by atoms with Crippen LogP contribution in [-0.2, 0) is 0 Å². The van der Waals surface area contributed by atoms with Crippen LogP contribution in [0.15, 0.2) is 170 Å². The van der Waals surface area contributed by atoms with Gasteiger partial charge in [-0.15, -0.1) is 0 Å². The van der Waals surface area contributed by atoms with Crippen LogP contribution in [-0.4, -0.2) is 9.13 Å². The molecule has 0 atom stereocenters. The van der Waals surface area contributed by atoms with Gasteiger partial charge in [-0.05, 0) is 106 Å². The average Bonchev–Trinajstić information content (AvgIpc) is 3.80. The van der Waals surface area contributed by atoms with Gasteiger partial charge >= 0.3 is 0 Å². The third-order valence-corrected chi connectivity index (χ3v) is 11.0. The van der Waals surface area contributed by atoms with Crippen molar-refractivity contribution in [3.63, 3.8) is 0 Å². The molecule has 0 unspecified atom stereocenters. The number of nitriles is 3. The molecule has 0 radical (unpaired) electrons. The summed E-state index contributed by atoms with van der Waals surface area (Å²) in [6, 6.07) is 63.4. The Morgan fingerprint density at radius 1 is 0.379 bits per heavy atom. The summed E-state index contributed by atoms with van der Waals surface area (Å²) < 4.78 is 4.37. The van der Waals surface area contributed by atoms with Crippen molar-refractivity contribution in [2.75, 3.05) is 0 Å². The molecule has 0 aliphatic heterocycles. The van der Waals surface area contributed by atoms with Crippen LogP contribution < -0.4 is 0 Å². The number of nitrogens with zero attached hydrogens (tertiary/aromatic N) is 6. The van der Waals surface area contributed by atoms with E-state index in [1.54, 1.807) is 6.07 Å². The molecule has 2 aromatic heterocycles. The first-order valence-electron chi connectivity index (χ1n) is 18.7. The molecule has 2 heterocycles. The number of rotatable bonds is 5. The molecule has 10 aromatic rings. The van der Waals surface area contributed by atoms with Gasteiger partial charge in [0, 0.05) is 21.5 Å². The second-order valence-corrected chi connectivity index (χ2v) is 14.2. The van der Waals surface area contributed by atoms with Gasteiger partial charge in [-0.25, -0.2) is 4.85 Å². The highest BCUT2D eigenvalue weighted by Gasteiger charge is 2.23. The van der Waals surface area contributed by atoms with E-state index in [1.165, 1.54) is 0 Å². The zero-order valence-corrected chi connectivity index (χ0v) is 30.8. The Balaban J connectivity index is 1.27. The molecule has 0 amide bonds. The smallest absolute Gasteiger partial charge is 0.187 e. The van der Waals surface area contributed by atoms with Crippen molar-refractivity contribution in [2.45, 2.75) is 0 Å². The summed E-state index contributed by atoms with van der Waals surface area (Å²) in [6.45, 7) is 7.39. The highest BCUT2D eigenvalue weighted by atomic mass is 15.0. The van der Waals surface area contributed by atoms with Crippen LogP contribution >= 0.6 is 0 Å². The van der Waals surface area contributed by atoms with Gasteiger partial charge in [-0.2, -0.15) is 15.8 Å². The van der Waals surface area contributed by atoms with E-state index in [2.05, 4.69) is 105 Å². The average molecular weight is 737 g/mol. The van der Waals surface area contributed by atoms with Gasteiger partial charge in [-0.1, -0.05) is 97.1 Å². The van der Waals surface area contributed by atoms with E-state index in [4.69, 9.17) is 6.57 Å². The van der Waals surface area contributed by atoms with E-state index >= 15 is 0 Å². The van der Waals surface area contributed by atoms with E-state index in [9.17, 15) is 15.8 Å². The van der Waals surface area contributed by atoms with Gasteiger partial charge < -0.3 is 9.13 Å². The van der Waals surface area contributed by atoms with Crippen LogP contribution in [0.4, 0.5) is 5.69 Å². The van der Waals surface area contributed by atoms with Crippen molar-refractivity contribution in [2.24, 2.45) is 0 Å². The largest absolute Gasteiger partial charge is 0.308 e. The third kappa shape index (κ3) is 5.38. The van der Waals surface area contributed by atoms with Crippen molar-refractivity contribution in [3.8, 4) is 63.0 Å². The van der Waals surface area contributed by atoms with E-state index < -0.39 is 0 Å². The summed E-state index contributed by atoms with van der Waals surface area (Å²) in [5, 5.41) is 34.8. The molecular formula is C52H28N6. The summed E-state index contributed by atoms with van der Waals surface area (Å²) in [4.78, 5) is 3.56. The molecule has 266 valence electrons. The first kappa shape index (κ1) is 33.9. The van der Waals surface area contributed by atoms with E-state index in [-0.39, 0.29) is 0 Å². The Morgan fingerprint density at radius 3 is 1.38 bits per heavy atom. The number of hydrogen-bond donors (Lipinski definition) is 0. The standard InChI is InChI=1S/C52H28N6/c1-56-41-21-17-36(18-22-41)39-20-24-50-45(27-39)43-10-3-5-12-48(43)58(50)52-29-40(37-8-6-7-34(25-37)31-54)28-51(46(52)32-55)57-47-11-4-2-9-42(47)44-26-38(19-23-49(44)57)35-15-13-33(30-53)14-16-35/h2-29H. The van der Waals surface area contributed by atoms with E-state index in [0.29, 0.717) is 22.4 Å². The Bertz CT molecular complexity index is 3290. The molecular weight excluding hydrogens is 709 g/mol. The minimum atomic E-state index is 0.500. The second-order valence-electron chi connectivity index (χ2n) is 14.2. The van der Waals surface area contributed by atoms with Crippen molar-refractivity contribution >= 4 is 49.3 Å². The normalized spacial score (nSPS) is 11.0. The maximum Gasteiger partial charge on any atom is 0.187 e. The van der Waals surface area contributed by atoms with Crippen LogP contribution in [0.5, 0.6) is 0 Å². The molecule has 0 spiro atoms. The maximum atomic E-state index is 11.3. The van der Waals surface area contributed by atoms with Gasteiger partial charge in [0.25, 0.3) is 0 Å². The van der Waals surface area contributed by atoms with Crippen molar-refractivity contribution < 1.29 is 0 Å². The minimum Gasteiger partial charge on any atom is -0.308 e. The molecule has 0 saturated heterocycles. The quantitative estimate of drug-likeness (QED) is 0.165. The fourth-order valence-electron chi connectivity index (χ4n) is 8.30. The molecule has 10 rings (SSSR count). The number of hydrogen-bond acceptors (Lipinski definition) is 3. The first-order valence-corrected chi connectivity index (χ1v) is 18.7. The van der Waals surface area contributed by atoms with Crippen molar-refractivity contribution in [3.05, 3.63) is 198 Å². The lowest BCUT2D eigenvalue weighted by atomic mass is 9.98. The topological polar surface area (TPSA) is 85.6 Å². The molecule has 0 saturated carbocycles. The Hall–Kier alpha value is -8.68. The summed E-state index contributed by atoms with van der Waals surface area (Å²) >= 11 is 0. The molecule has 0 N–H and O–H groups in total. The van der Waals surface area contributed by atoms with Crippen LogP contribution in [0.1, 0.15) is 16.7 Å². The van der Waals surface area contributed by atoms with Crippen molar-refractivity contribution in [1.29, 1.82) is 15.8 Å². The SMILES string of the molecule is [C-]#[N+]c1ccc(-c2ccc3c(c2)c2ccccc2n3-c2cc(-c3cccc(C#N)c3)cc(-n3c4ccccc4c4cc(-c5ccc(C#N)cc5)ccc43)c2C#N)cc1. The van der Waals surface area contributed by atoms with Gasteiger partial charge in [-0.3, -0.25) is 0 Å². The van der Waals surface area contributed by atoms with Crippen LogP contribution in [0, 0.1) is 40.6 Å². The molecule has 6 heteroatoms. The Kier molecular flexibility index (Phi) is 7.92. The molecule has 0 aliphatic rings. The van der Waals surface area contributed by atoms with Crippen LogP contribution in [0.3, 0.4) is 0 Å². The van der Waals surface area contributed by atoms with Gasteiger partial charge in [0.1, 0.15) is 11.6 Å². The minimum absolute atomic E-state index is 0.500. The van der Waals surface area contributed by atoms with Gasteiger partial charge in [0.2, 0.25) is 0 Å². The van der Waals surface area contributed by atoms with Gasteiger partial charge in [0.15, 0.2) is 5.69 Å². The zero-order valence-electron chi connectivity index (χ0n) is 30.8. The fourth-order valence-corrected chi connectivity index (χ4v) is 8.30. The fraction of sp³-hybridized carbons (Fsp3) is 0. The molecule has 0 bridgehead atoms. The molecule has 8 aromatic carbocycles. The van der Waals surface area contributed by atoms with Crippen LogP contribution in [0.2, 0.25) is 0 Å². The first-order chi connectivity index (χ1) is 28.6. The second kappa shape index (κ2) is 13.6. The monoisotopic (exact) mass is 736 g/mol. The third-order valence-electron chi connectivity index (χ3n) is 11.0. The highest BCUT2D eigenvalue weighted by molar-refractivity contribution is 6.12. The summed E-state index contributed by atoms with van der Waals surface area (Å²) in [5.74, 6) is 0. The lowest BCUT2D eigenvalue weighted by molar-refractivity contribution is 1.12. The number of para-hydroxylation sites is 2. The summed E-state index contributed by atoms with van der Waals surface area (Å²) in [7, 11) is 0. The number of benzene rings is 8. The molecule has 0 fully saturated rings. The van der Waals surface area contributed by atoms with E-state index in [1.807, 2.05) is 91.0 Å². The lowest BCUT2D eigenvalue weighted by Crippen LogP contribution is -2.05. The number of fused-ring (bicyclic) bond motifs is 6. The number of aromatic nitrogens is 2.